The van der Waals surface area contributed by atoms with E-state index in [9.17, 15) is 10.1 Å². The Kier molecular flexibility index (Phi) is 5.35. The zero-order valence-corrected chi connectivity index (χ0v) is 19.2. The molecule has 2 aromatic carbocycles. The topological polar surface area (TPSA) is 123 Å². The van der Waals surface area contributed by atoms with Gasteiger partial charge in [0.25, 0.3) is 5.56 Å². The van der Waals surface area contributed by atoms with Crippen LogP contribution in [0.4, 0.5) is 4.39 Å². The number of aromatic nitrogens is 4. The number of ether oxygens (including phenoxy) is 1. The van der Waals surface area contributed by atoms with E-state index in [-0.39, 0.29) is 40.1 Å². The van der Waals surface area contributed by atoms with Gasteiger partial charge in [-0.15, -0.1) is 0 Å². The minimum Gasteiger partial charge on any atom is -0.489 e. The second kappa shape index (κ2) is 8.24. The van der Waals surface area contributed by atoms with Crippen molar-refractivity contribution in [3.8, 4) is 34.2 Å². The molecule has 0 saturated heterocycles. The molecule has 1 aliphatic rings. The number of aryl methyl sites for hydroxylation is 1. The number of halogens is 2. The van der Waals surface area contributed by atoms with E-state index in [0.29, 0.717) is 39.2 Å². The minimum absolute atomic E-state index is 0.0106. The van der Waals surface area contributed by atoms with Gasteiger partial charge in [0, 0.05) is 30.6 Å². The molecule has 0 amide bonds. The fraction of sp³-hybridized carbons (Fsp3) is 0.250. The molecule has 5 rings (SSSR count). The van der Waals surface area contributed by atoms with E-state index in [0.717, 1.165) is 6.42 Å². The lowest BCUT2D eigenvalue weighted by atomic mass is 9.95. The Hall–Kier alpha value is -3.74. The van der Waals surface area contributed by atoms with Crippen LogP contribution in [0.5, 0.6) is 5.75 Å². The van der Waals surface area contributed by atoms with Gasteiger partial charge in [0.1, 0.15) is 23.5 Å². The van der Waals surface area contributed by atoms with Crippen molar-refractivity contribution in [2.75, 3.05) is 0 Å². The summed E-state index contributed by atoms with van der Waals surface area (Å²) in [7, 11) is 1.66. The Balaban J connectivity index is 1.74. The normalized spacial score (nSPS) is 17.1. The van der Waals surface area contributed by atoms with E-state index in [1.54, 1.807) is 31.4 Å². The average molecular weight is 479 g/mol. The van der Waals surface area contributed by atoms with Gasteiger partial charge in [-0.05, 0) is 30.0 Å². The summed E-state index contributed by atoms with van der Waals surface area (Å²) in [5.41, 5.74) is 7.61. The summed E-state index contributed by atoms with van der Waals surface area (Å²) in [6, 6.07) is 8.59. The summed E-state index contributed by atoms with van der Waals surface area (Å²) in [5.74, 6) is -0.136. The summed E-state index contributed by atoms with van der Waals surface area (Å²) < 4.78 is 22.9. The molecule has 1 saturated carbocycles. The molecule has 10 heteroatoms. The predicted octanol–water partition coefficient (Wildman–Crippen LogP) is 3.90. The van der Waals surface area contributed by atoms with Gasteiger partial charge in [-0.2, -0.15) is 15.5 Å². The lowest BCUT2D eigenvalue weighted by molar-refractivity contribution is 0.287. The van der Waals surface area contributed by atoms with Gasteiger partial charge in [0.05, 0.1) is 33.6 Å². The summed E-state index contributed by atoms with van der Waals surface area (Å²) in [4.78, 5) is 12.2. The second-order valence-corrected chi connectivity index (χ2v) is 8.80. The van der Waals surface area contributed by atoms with Crippen molar-refractivity contribution in [3.05, 3.63) is 62.9 Å². The maximum atomic E-state index is 15.5. The van der Waals surface area contributed by atoms with E-state index >= 15 is 4.39 Å². The SMILES string of the molecule is C[C@H]1C[C@H]1Oc1cc(Cl)c(F)c(-c2c(-c3ccc4c(=O)[nH]nc(CN)c4c3)cnn2C)c1C#N. The third-order valence-electron chi connectivity index (χ3n) is 6.16. The van der Waals surface area contributed by atoms with Crippen LogP contribution in [0.3, 0.4) is 0 Å². The summed E-state index contributed by atoms with van der Waals surface area (Å²) >= 11 is 6.24. The molecule has 2 heterocycles. The molecular weight excluding hydrogens is 459 g/mol. The van der Waals surface area contributed by atoms with Crippen molar-refractivity contribution in [1.29, 1.82) is 5.26 Å². The molecule has 3 N–H and O–H groups in total. The van der Waals surface area contributed by atoms with E-state index in [2.05, 4.69) is 21.4 Å². The van der Waals surface area contributed by atoms with Crippen LogP contribution in [0.2, 0.25) is 5.02 Å². The summed E-state index contributed by atoms with van der Waals surface area (Å²) in [6.07, 6.45) is 2.40. The zero-order valence-electron chi connectivity index (χ0n) is 18.4. The van der Waals surface area contributed by atoms with Gasteiger partial charge in [0.2, 0.25) is 0 Å². The fourth-order valence-corrected chi connectivity index (χ4v) is 4.33. The summed E-state index contributed by atoms with van der Waals surface area (Å²) in [5, 5.41) is 21.6. The van der Waals surface area contributed by atoms with Crippen LogP contribution in [-0.2, 0) is 13.6 Å². The number of hydrogen-bond donors (Lipinski definition) is 2. The predicted molar refractivity (Wildman–Crippen MR) is 126 cm³/mol. The molecule has 1 aliphatic carbocycles. The standard InChI is InChI=1S/C24H20ClFN6O2/c1-11-5-19(11)34-20-7-17(25)22(26)21(15(20)8-27)23-16(10-29-32(23)2)12-3-4-13-14(6-12)18(9-28)30-31-24(13)33/h3-4,6-7,10-11,19H,5,9,28H2,1-2H3,(H,31,33)/t11-,19+/m0/s1. The Morgan fingerprint density at radius 3 is 2.82 bits per heavy atom. The molecule has 8 nitrogen and oxygen atoms in total. The first-order valence-corrected chi connectivity index (χ1v) is 11.0. The molecule has 172 valence electrons. The molecule has 0 unspecified atom stereocenters. The molecule has 34 heavy (non-hydrogen) atoms. The van der Waals surface area contributed by atoms with Gasteiger partial charge >= 0.3 is 0 Å². The number of benzene rings is 2. The van der Waals surface area contributed by atoms with Crippen molar-refractivity contribution in [3.63, 3.8) is 0 Å². The Labute approximate surface area is 198 Å². The van der Waals surface area contributed by atoms with E-state index < -0.39 is 5.82 Å². The van der Waals surface area contributed by atoms with Crippen molar-refractivity contribution in [2.24, 2.45) is 18.7 Å². The highest BCUT2D eigenvalue weighted by atomic mass is 35.5. The Morgan fingerprint density at radius 1 is 1.38 bits per heavy atom. The smallest absolute Gasteiger partial charge is 0.272 e. The van der Waals surface area contributed by atoms with Crippen molar-refractivity contribution >= 4 is 22.4 Å². The Morgan fingerprint density at radius 2 is 2.15 bits per heavy atom. The van der Waals surface area contributed by atoms with Crippen LogP contribution in [0.25, 0.3) is 33.2 Å². The molecule has 4 aromatic rings. The highest BCUT2D eigenvalue weighted by molar-refractivity contribution is 6.31. The molecule has 0 bridgehead atoms. The lowest BCUT2D eigenvalue weighted by Gasteiger charge is -2.15. The van der Waals surface area contributed by atoms with Gasteiger partial charge in [-0.1, -0.05) is 24.6 Å². The molecule has 0 aliphatic heterocycles. The number of H-pyrrole nitrogens is 1. The maximum absolute atomic E-state index is 15.5. The van der Waals surface area contributed by atoms with Crippen LogP contribution >= 0.6 is 11.6 Å². The van der Waals surface area contributed by atoms with Crippen molar-refractivity contribution in [2.45, 2.75) is 26.0 Å². The average Bonchev–Trinajstić information content (AvgIpc) is 3.39. The Bertz CT molecular complexity index is 1550. The molecule has 0 radical (unpaired) electrons. The molecule has 2 aromatic heterocycles. The van der Waals surface area contributed by atoms with Crippen LogP contribution in [0, 0.1) is 23.1 Å². The third kappa shape index (κ3) is 3.52. The highest BCUT2D eigenvalue weighted by Gasteiger charge is 2.36. The minimum atomic E-state index is -0.735. The molecule has 0 spiro atoms. The number of nitrogens with one attached hydrogen (secondary N) is 1. The lowest BCUT2D eigenvalue weighted by Crippen LogP contribution is -2.13. The first kappa shape index (κ1) is 22.1. The largest absolute Gasteiger partial charge is 0.489 e. The quantitative estimate of drug-likeness (QED) is 0.448. The first-order chi connectivity index (χ1) is 16.3. The van der Waals surface area contributed by atoms with E-state index in [1.807, 2.05) is 6.92 Å². The zero-order chi connectivity index (χ0) is 24.1. The second-order valence-electron chi connectivity index (χ2n) is 8.40. The molecule has 1 fully saturated rings. The first-order valence-electron chi connectivity index (χ1n) is 10.7. The van der Waals surface area contributed by atoms with Crippen LogP contribution in [-0.4, -0.2) is 26.1 Å². The number of nitrogens with two attached hydrogens (primary N) is 1. The van der Waals surface area contributed by atoms with Crippen LogP contribution in [0.15, 0.2) is 35.3 Å². The molecular formula is C24H20ClFN6O2. The number of aromatic amines is 1. The van der Waals surface area contributed by atoms with E-state index in [1.165, 1.54) is 10.7 Å². The van der Waals surface area contributed by atoms with Crippen LogP contribution in [0.1, 0.15) is 24.6 Å². The van der Waals surface area contributed by atoms with Gasteiger partial charge in [-0.25, -0.2) is 9.49 Å². The fourth-order valence-electron chi connectivity index (χ4n) is 4.13. The van der Waals surface area contributed by atoms with Crippen LogP contribution < -0.4 is 16.0 Å². The third-order valence-corrected chi connectivity index (χ3v) is 6.43. The summed E-state index contributed by atoms with van der Waals surface area (Å²) in [6.45, 7) is 2.16. The van der Waals surface area contributed by atoms with Crippen molar-refractivity contribution < 1.29 is 9.13 Å². The number of fused-ring (bicyclic) bond motifs is 1. The number of nitrogens with zero attached hydrogens (tertiary/aromatic N) is 4. The maximum Gasteiger partial charge on any atom is 0.272 e. The highest BCUT2D eigenvalue weighted by Crippen LogP contribution is 2.43. The number of rotatable bonds is 5. The van der Waals surface area contributed by atoms with Gasteiger partial charge < -0.3 is 10.5 Å². The number of nitriles is 1. The monoisotopic (exact) mass is 478 g/mol. The van der Waals surface area contributed by atoms with Gasteiger partial charge in [-0.3, -0.25) is 9.48 Å². The molecule has 2 atom stereocenters. The number of hydrogen-bond acceptors (Lipinski definition) is 6. The van der Waals surface area contributed by atoms with Gasteiger partial charge in [0.15, 0.2) is 5.82 Å². The van der Waals surface area contributed by atoms with E-state index in [4.69, 9.17) is 22.1 Å². The van der Waals surface area contributed by atoms with Crippen molar-refractivity contribution in [1.82, 2.24) is 20.0 Å².